The minimum Gasteiger partial charge on any atom is -0.480 e. The van der Waals surface area contributed by atoms with Crippen molar-refractivity contribution in [2.45, 2.75) is 38.9 Å². The van der Waals surface area contributed by atoms with Crippen molar-refractivity contribution in [1.82, 2.24) is 4.98 Å². The molecule has 7 heteroatoms. The minimum absolute atomic E-state index is 0.369. The maximum atomic E-state index is 5.92. The lowest BCUT2D eigenvalue weighted by molar-refractivity contribution is 0.00578. The van der Waals surface area contributed by atoms with Gasteiger partial charge in [-0.3, -0.25) is 0 Å². The molecule has 0 aromatic carbocycles. The summed E-state index contributed by atoms with van der Waals surface area (Å²) in [5.74, 6) is 0.412. The van der Waals surface area contributed by atoms with Gasteiger partial charge in [-0.1, -0.05) is 0 Å². The highest BCUT2D eigenvalue weighted by Crippen LogP contribution is 2.36. The molecule has 2 heterocycles. The van der Waals surface area contributed by atoms with Crippen molar-refractivity contribution in [2.75, 3.05) is 19.1 Å². The van der Waals surface area contributed by atoms with Gasteiger partial charge in [-0.05, 0) is 40.0 Å². The number of thiol groups is 1. The second-order valence-corrected chi connectivity index (χ2v) is 5.46. The smallest absolute Gasteiger partial charge is 0.480 e. The Morgan fingerprint density at radius 1 is 1.20 bits per heavy atom. The van der Waals surface area contributed by atoms with Crippen LogP contribution in [0.2, 0.25) is 0 Å². The molecule has 2 N–H and O–H groups in total. The Labute approximate surface area is 126 Å². The number of nitrogens with zero attached hydrogens (tertiary/aromatic N) is 1. The molecule has 1 aromatic heterocycles. The Morgan fingerprint density at radius 3 is 2.10 bits per heavy atom. The van der Waals surface area contributed by atoms with E-state index in [0.29, 0.717) is 11.6 Å². The van der Waals surface area contributed by atoms with Crippen LogP contribution in [0.5, 0.6) is 5.88 Å². The molecule has 1 aliphatic rings. The van der Waals surface area contributed by atoms with E-state index in [0.717, 1.165) is 5.46 Å². The molecule has 1 fully saturated rings. The SMILES string of the molecule is COc1ncc(B2OC(C)(C)C(C)(C)O2)cc1N.CS. The van der Waals surface area contributed by atoms with Gasteiger partial charge in [0.25, 0.3) is 0 Å². The van der Waals surface area contributed by atoms with Crippen molar-refractivity contribution in [1.29, 1.82) is 0 Å². The third-order valence-corrected chi connectivity index (χ3v) is 3.62. The molecule has 20 heavy (non-hydrogen) atoms. The standard InChI is InChI=1S/C12H19BN2O3.CH4S/c1-11(2)12(3,4)18-13(17-11)8-6-9(14)10(16-5)15-7-8;1-2/h6-7H,14H2,1-5H3;2H,1H3. The predicted octanol–water partition coefficient (Wildman–Crippen LogP) is 1.52. The largest absolute Gasteiger partial charge is 0.496 e. The first-order valence-corrected chi connectivity index (χ1v) is 7.26. The number of methoxy groups -OCH3 is 1. The van der Waals surface area contributed by atoms with E-state index in [9.17, 15) is 0 Å². The average Bonchev–Trinajstić information content (AvgIpc) is 2.61. The molecular weight excluding hydrogens is 275 g/mol. The Balaban J connectivity index is 0.000000956. The van der Waals surface area contributed by atoms with Crippen molar-refractivity contribution in [3.8, 4) is 5.88 Å². The summed E-state index contributed by atoms with van der Waals surface area (Å²) in [7, 11) is 1.09. The molecule has 1 saturated heterocycles. The Morgan fingerprint density at radius 2 is 1.70 bits per heavy atom. The molecule has 0 saturated carbocycles. The van der Waals surface area contributed by atoms with Crippen LogP contribution in [-0.4, -0.2) is 36.7 Å². The molecule has 0 aliphatic carbocycles. The minimum atomic E-state index is -0.448. The molecule has 1 aromatic rings. The number of hydrogen-bond donors (Lipinski definition) is 2. The van der Waals surface area contributed by atoms with Gasteiger partial charge in [0, 0.05) is 11.7 Å². The number of ether oxygens (including phenoxy) is 1. The number of nitrogen functional groups attached to an aromatic ring is 1. The number of rotatable bonds is 2. The highest BCUT2D eigenvalue weighted by atomic mass is 32.1. The van der Waals surface area contributed by atoms with Crippen LogP contribution in [0.1, 0.15) is 27.7 Å². The molecule has 0 radical (unpaired) electrons. The Bertz CT molecular complexity index is 453. The van der Waals surface area contributed by atoms with Crippen molar-refractivity contribution in [3.05, 3.63) is 12.3 Å². The zero-order chi connectivity index (χ0) is 15.6. The molecule has 0 bridgehead atoms. The van der Waals surface area contributed by atoms with Crippen LogP contribution >= 0.6 is 12.6 Å². The van der Waals surface area contributed by atoms with Crippen molar-refractivity contribution >= 4 is 30.9 Å². The molecule has 112 valence electrons. The van der Waals surface area contributed by atoms with Crippen molar-refractivity contribution < 1.29 is 14.0 Å². The fraction of sp³-hybridized carbons (Fsp3) is 0.615. The maximum absolute atomic E-state index is 5.92. The van der Waals surface area contributed by atoms with Gasteiger partial charge in [-0.2, -0.15) is 12.6 Å². The van der Waals surface area contributed by atoms with Crippen LogP contribution in [0.15, 0.2) is 12.3 Å². The van der Waals surface area contributed by atoms with Crippen LogP contribution < -0.4 is 15.9 Å². The predicted molar refractivity (Wildman–Crippen MR) is 85.8 cm³/mol. The van der Waals surface area contributed by atoms with Gasteiger partial charge in [0.05, 0.1) is 24.0 Å². The number of aromatic nitrogens is 1. The summed E-state index contributed by atoms with van der Waals surface area (Å²) in [5.41, 5.74) is 6.37. The second-order valence-electron chi connectivity index (χ2n) is 5.46. The molecule has 2 rings (SSSR count). The lowest BCUT2D eigenvalue weighted by atomic mass is 9.80. The monoisotopic (exact) mass is 298 g/mol. The summed E-state index contributed by atoms with van der Waals surface area (Å²) in [5, 5.41) is 0. The third-order valence-electron chi connectivity index (χ3n) is 3.62. The van der Waals surface area contributed by atoms with Crippen molar-refractivity contribution in [3.63, 3.8) is 0 Å². The van der Waals surface area contributed by atoms with E-state index in [2.05, 4.69) is 17.6 Å². The average molecular weight is 298 g/mol. The zero-order valence-electron chi connectivity index (χ0n) is 12.9. The quantitative estimate of drug-likeness (QED) is 0.640. The van der Waals surface area contributed by atoms with Crippen LogP contribution in [0.4, 0.5) is 5.69 Å². The van der Waals surface area contributed by atoms with E-state index in [1.165, 1.54) is 7.11 Å². The lowest BCUT2D eigenvalue weighted by Gasteiger charge is -2.32. The topological polar surface area (TPSA) is 66.6 Å². The summed E-state index contributed by atoms with van der Waals surface area (Å²) in [6.07, 6.45) is 3.36. The fourth-order valence-electron chi connectivity index (χ4n) is 1.76. The summed E-state index contributed by atoms with van der Waals surface area (Å²) in [6.45, 7) is 8.03. The van der Waals surface area contributed by atoms with Crippen LogP contribution in [-0.2, 0) is 9.31 Å². The van der Waals surface area contributed by atoms with Gasteiger partial charge in [0.15, 0.2) is 0 Å². The van der Waals surface area contributed by atoms with Crippen LogP contribution in [0, 0.1) is 0 Å². The van der Waals surface area contributed by atoms with Crippen LogP contribution in [0.25, 0.3) is 0 Å². The molecule has 0 unspecified atom stereocenters. The summed E-state index contributed by atoms with van der Waals surface area (Å²) >= 11 is 3.53. The van der Waals surface area contributed by atoms with Gasteiger partial charge in [-0.25, -0.2) is 4.98 Å². The molecule has 0 spiro atoms. The zero-order valence-corrected chi connectivity index (χ0v) is 13.8. The highest BCUT2D eigenvalue weighted by Gasteiger charge is 2.51. The van der Waals surface area contributed by atoms with E-state index >= 15 is 0 Å². The lowest BCUT2D eigenvalue weighted by Crippen LogP contribution is -2.41. The number of hydrogen-bond acceptors (Lipinski definition) is 6. The van der Waals surface area contributed by atoms with Gasteiger partial charge < -0.3 is 19.8 Å². The molecule has 0 atom stereocenters. The second kappa shape index (κ2) is 6.24. The molecule has 1 aliphatic heterocycles. The van der Waals surface area contributed by atoms with Gasteiger partial charge in [0.2, 0.25) is 5.88 Å². The fourth-order valence-corrected chi connectivity index (χ4v) is 1.76. The van der Waals surface area contributed by atoms with E-state index in [1.54, 1.807) is 18.5 Å². The van der Waals surface area contributed by atoms with E-state index in [1.807, 2.05) is 27.7 Å². The van der Waals surface area contributed by atoms with Gasteiger partial charge in [-0.15, -0.1) is 0 Å². The van der Waals surface area contributed by atoms with Gasteiger partial charge in [0.1, 0.15) is 0 Å². The van der Waals surface area contributed by atoms with Crippen molar-refractivity contribution in [2.24, 2.45) is 0 Å². The highest BCUT2D eigenvalue weighted by molar-refractivity contribution is 7.79. The molecule has 0 amide bonds. The van der Waals surface area contributed by atoms with Crippen LogP contribution in [0.3, 0.4) is 0 Å². The first-order valence-electron chi connectivity index (χ1n) is 6.36. The number of nitrogens with two attached hydrogens (primary N) is 1. The normalized spacial score (nSPS) is 19.2. The Kier molecular flexibility index (Phi) is 5.35. The first-order chi connectivity index (χ1) is 9.27. The van der Waals surface area contributed by atoms with Gasteiger partial charge >= 0.3 is 7.12 Å². The molecule has 5 nitrogen and oxygen atoms in total. The summed E-state index contributed by atoms with van der Waals surface area (Å²) < 4.78 is 16.9. The third kappa shape index (κ3) is 3.21. The number of pyridine rings is 1. The Hall–Kier alpha value is -0.915. The maximum Gasteiger partial charge on any atom is 0.496 e. The number of anilines is 1. The van der Waals surface area contributed by atoms with E-state index < -0.39 is 7.12 Å². The first kappa shape index (κ1) is 17.1. The molecular formula is C13H23BN2O3S. The summed E-state index contributed by atoms with van der Waals surface area (Å²) in [4.78, 5) is 4.13. The van der Waals surface area contributed by atoms with E-state index in [4.69, 9.17) is 19.8 Å². The summed E-state index contributed by atoms with van der Waals surface area (Å²) in [6, 6.07) is 1.77. The van der Waals surface area contributed by atoms with E-state index in [-0.39, 0.29) is 11.2 Å².